The quantitative estimate of drug-likeness (QED) is 0.337. The second-order valence-corrected chi connectivity index (χ2v) is 3.22. The average Bonchev–Trinajstić information content (AvgIpc) is 2.03. The third kappa shape index (κ3) is 10.1. The van der Waals surface area contributed by atoms with Gasteiger partial charge in [-0.3, -0.25) is 0 Å². The molecule has 0 saturated heterocycles. The minimum absolute atomic E-state index is 0.884. The molecule has 0 nitrogen and oxygen atoms in total. The van der Waals surface area contributed by atoms with Gasteiger partial charge in [0, 0.05) is 5.75 Å². The Morgan fingerprint density at radius 3 is 2.36 bits per heavy atom. The molecule has 0 radical (unpaired) electrons. The summed E-state index contributed by atoms with van der Waals surface area (Å²) < 4.78 is 0. The fourth-order valence-corrected chi connectivity index (χ4v) is 1.21. The van der Waals surface area contributed by atoms with E-state index in [4.69, 9.17) is 0 Å². The van der Waals surface area contributed by atoms with E-state index in [0.29, 0.717) is 0 Å². The summed E-state index contributed by atoms with van der Waals surface area (Å²) in [6.45, 7) is 2.25. The molecule has 0 heterocycles. The van der Waals surface area contributed by atoms with Crippen molar-refractivity contribution in [1.82, 2.24) is 0 Å². The molecule has 0 saturated carbocycles. The van der Waals surface area contributed by atoms with E-state index in [9.17, 15) is 0 Å². The van der Waals surface area contributed by atoms with Crippen LogP contribution in [0.2, 0.25) is 0 Å². The van der Waals surface area contributed by atoms with Gasteiger partial charge in [-0.2, -0.15) is 12.6 Å². The number of rotatable bonds is 7. The molecule has 0 rings (SSSR count). The van der Waals surface area contributed by atoms with Gasteiger partial charge in [-0.05, 0) is 12.8 Å². The molecule has 0 unspecified atom stereocenters. The molecule has 0 aromatic heterocycles. The van der Waals surface area contributed by atoms with E-state index in [1.54, 1.807) is 0 Å². The highest BCUT2D eigenvalue weighted by Crippen LogP contribution is 2.05. The second kappa shape index (κ2) is 10.1. The molecule has 66 valence electrons. The van der Waals surface area contributed by atoms with Crippen LogP contribution in [0.4, 0.5) is 0 Å². The standard InChI is InChI=1S/C10H20S/c1-2-3-4-5-6-7-8-9-10-11/h8-9,11H,2-7,10H2,1H3/b9-8+. The molecule has 0 aromatic carbocycles. The molecular weight excluding hydrogens is 152 g/mol. The van der Waals surface area contributed by atoms with Gasteiger partial charge in [-0.15, -0.1) is 0 Å². The van der Waals surface area contributed by atoms with Crippen LogP contribution in [0.25, 0.3) is 0 Å². The van der Waals surface area contributed by atoms with Crippen molar-refractivity contribution in [2.24, 2.45) is 0 Å². The Hall–Kier alpha value is 0.0900. The van der Waals surface area contributed by atoms with Gasteiger partial charge in [0.1, 0.15) is 0 Å². The fourth-order valence-electron chi connectivity index (χ4n) is 1.06. The van der Waals surface area contributed by atoms with Crippen LogP contribution in [0, 0.1) is 0 Å². The summed E-state index contributed by atoms with van der Waals surface area (Å²) in [7, 11) is 0. The largest absolute Gasteiger partial charge is 0.175 e. The summed E-state index contributed by atoms with van der Waals surface area (Å²) in [5.41, 5.74) is 0. The molecule has 0 atom stereocenters. The Bertz CT molecular complexity index is 86.9. The maximum absolute atomic E-state index is 4.09. The van der Waals surface area contributed by atoms with Crippen molar-refractivity contribution in [3.63, 3.8) is 0 Å². The molecule has 0 aliphatic carbocycles. The third-order valence-electron chi connectivity index (χ3n) is 1.75. The van der Waals surface area contributed by atoms with Gasteiger partial charge in [0.25, 0.3) is 0 Å². The Balaban J connectivity index is 2.85. The van der Waals surface area contributed by atoms with E-state index in [0.717, 1.165) is 5.75 Å². The summed E-state index contributed by atoms with van der Waals surface area (Å²) in [5, 5.41) is 0. The monoisotopic (exact) mass is 172 g/mol. The Kier molecular flexibility index (Phi) is 10.2. The number of hydrogen-bond donors (Lipinski definition) is 1. The lowest BCUT2D eigenvalue weighted by Crippen LogP contribution is -1.75. The van der Waals surface area contributed by atoms with E-state index in [-0.39, 0.29) is 0 Å². The van der Waals surface area contributed by atoms with Gasteiger partial charge in [-0.25, -0.2) is 0 Å². The predicted octanol–water partition coefficient (Wildman–Crippen LogP) is 3.83. The van der Waals surface area contributed by atoms with Gasteiger partial charge in [0.2, 0.25) is 0 Å². The van der Waals surface area contributed by atoms with Crippen LogP contribution in [-0.2, 0) is 0 Å². The molecule has 0 aliphatic heterocycles. The molecule has 0 aromatic rings. The topological polar surface area (TPSA) is 0 Å². The molecule has 0 spiro atoms. The minimum atomic E-state index is 0.884. The van der Waals surface area contributed by atoms with Crippen molar-refractivity contribution < 1.29 is 0 Å². The lowest BCUT2D eigenvalue weighted by molar-refractivity contribution is 0.637. The number of thiol groups is 1. The van der Waals surface area contributed by atoms with Gasteiger partial charge < -0.3 is 0 Å². The zero-order chi connectivity index (χ0) is 8.36. The molecule has 0 amide bonds. The summed E-state index contributed by atoms with van der Waals surface area (Å²) in [6, 6.07) is 0. The summed E-state index contributed by atoms with van der Waals surface area (Å²) in [6.07, 6.45) is 12.5. The fraction of sp³-hybridized carbons (Fsp3) is 0.800. The maximum Gasteiger partial charge on any atom is 0.00825 e. The molecule has 0 N–H and O–H groups in total. The molecule has 0 aliphatic rings. The predicted molar refractivity (Wildman–Crippen MR) is 56.4 cm³/mol. The van der Waals surface area contributed by atoms with Crippen LogP contribution in [0.15, 0.2) is 12.2 Å². The van der Waals surface area contributed by atoms with Crippen molar-refractivity contribution >= 4 is 12.6 Å². The third-order valence-corrected chi connectivity index (χ3v) is 1.96. The van der Waals surface area contributed by atoms with E-state index < -0.39 is 0 Å². The van der Waals surface area contributed by atoms with Crippen LogP contribution in [0.5, 0.6) is 0 Å². The van der Waals surface area contributed by atoms with Crippen molar-refractivity contribution in [3.8, 4) is 0 Å². The summed E-state index contributed by atoms with van der Waals surface area (Å²) in [5.74, 6) is 0.884. The highest BCUT2D eigenvalue weighted by molar-refractivity contribution is 7.80. The van der Waals surface area contributed by atoms with Gasteiger partial charge >= 0.3 is 0 Å². The van der Waals surface area contributed by atoms with Crippen molar-refractivity contribution in [3.05, 3.63) is 12.2 Å². The van der Waals surface area contributed by atoms with E-state index >= 15 is 0 Å². The average molecular weight is 172 g/mol. The van der Waals surface area contributed by atoms with E-state index in [1.807, 2.05) is 0 Å². The first-order valence-electron chi connectivity index (χ1n) is 4.67. The Morgan fingerprint density at radius 1 is 1.00 bits per heavy atom. The van der Waals surface area contributed by atoms with Crippen molar-refractivity contribution in [2.45, 2.75) is 45.4 Å². The second-order valence-electron chi connectivity index (χ2n) is 2.86. The van der Waals surface area contributed by atoms with Crippen LogP contribution < -0.4 is 0 Å². The molecule has 0 fully saturated rings. The normalized spacial score (nSPS) is 11.1. The smallest absolute Gasteiger partial charge is 0.00825 e. The van der Waals surface area contributed by atoms with Crippen molar-refractivity contribution in [1.29, 1.82) is 0 Å². The molecule has 1 heteroatoms. The summed E-state index contributed by atoms with van der Waals surface area (Å²) in [4.78, 5) is 0. The number of hydrogen-bond acceptors (Lipinski definition) is 1. The highest BCUT2D eigenvalue weighted by atomic mass is 32.1. The first-order valence-corrected chi connectivity index (χ1v) is 5.31. The Labute approximate surface area is 76.5 Å². The van der Waals surface area contributed by atoms with E-state index in [2.05, 4.69) is 31.7 Å². The number of unbranched alkanes of at least 4 members (excludes halogenated alkanes) is 5. The highest BCUT2D eigenvalue weighted by Gasteiger charge is 1.85. The van der Waals surface area contributed by atoms with Gasteiger partial charge in [0.15, 0.2) is 0 Å². The van der Waals surface area contributed by atoms with Crippen molar-refractivity contribution in [2.75, 3.05) is 5.75 Å². The zero-order valence-corrected chi connectivity index (χ0v) is 8.45. The molecule has 11 heavy (non-hydrogen) atoms. The lowest BCUT2D eigenvalue weighted by Gasteiger charge is -1.95. The lowest BCUT2D eigenvalue weighted by atomic mass is 10.1. The van der Waals surface area contributed by atoms with E-state index in [1.165, 1.54) is 38.5 Å². The molecular formula is C10H20S. The zero-order valence-electron chi connectivity index (χ0n) is 7.55. The SMILES string of the molecule is CCCCCCC/C=C/CS. The first kappa shape index (κ1) is 11.1. The first-order chi connectivity index (χ1) is 5.41. The number of allylic oxidation sites excluding steroid dienone is 1. The minimum Gasteiger partial charge on any atom is -0.175 e. The maximum atomic E-state index is 4.09. The Morgan fingerprint density at radius 2 is 1.73 bits per heavy atom. The van der Waals surface area contributed by atoms with Crippen LogP contribution >= 0.6 is 12.6 Å². The summed E-state index contributed by atoms with van der Waals surface area (Å²) >= 11 is 4.09. The van der Waals surface area contributed by atoms with Crippen LogP contribution in [0.3, 0.4) is 0 Å². The molecule has 0 bridgehead atoms. The van der Waals surface area contributed by atoms with Gasteiger partial charge in [-0.1, -0.05) is 44.8 Å². The van der Waals surface area contributed by atoms with Crippen LogP contribution in [-0.4, -0.2) is 5.75 Å². The van der Waals surface area contributed by atoms with Gasteiger partial charge in [0.05, 0.1) is 0 Å². The van der Waals surface area contributed by atoms with Crippen LogP contribution in [0.1, 0.15) is 45.4 Å².